The fraction of sp³-hybridized carbons (Fsp3) is 0.357. The summed E-state index contributed by atoms with van der Waals surface area (Å²) in [6.45, 7) is 1.80. The van der Waals surface area contributed by atoms with Gasteiger partial charge in [-0.25, -0.2) is 9.97 Å². The molecule has 0 bridgehead atoms. The maximum Gasteiger partial charge on any atom is 0.225 e. The molecule has 2 aromatic rings. The number of hydrogen-bond acceptors (Lipinski definition) is 5. The van der Waals surface area contributed by atoms with Gasteiger partial charge in [-0.1, -0.05) is 0 Å². The minimum absolute atomic E-state index is 0.168. The first kappa shape index (κ1) is 11.9. The van der Waals surface area contributed by atoms with E-state index in [1.54, 1.807) is 24.8 Å². The van der Waals surface area contributed by atoms with Crippen molar-refractivity contribution in [3.63, 3.8) is 0 Å². The molecule has 0 amide bonds. The van der Waals surface area contributed by atoms with Crippen molar-refractivity contribution in [3.8, 4) is 5.75 Å². The van der Waals surface area contributed by atoms with E-state index in [9.17, 15) is 0 Å². The molecule has 1 unspecified atom stereocenters. The van der Waals surface area contributed by atoms with Crippen LogP contribution in [0.2, 0.25) is 0 Å². The number of aromatic nitrogens is 3. The van der Waals surface area contributed by atoms with Crippen molar-refractivity contribution < 1.29 is 4.74 Å². The van der Waals surface area contributed by atoms with Crippen LogP contribution in [-0.2, 0) is 0 Å². The highest BCUT2D eigenvalue weighted by Crippen LogP contribution is 2.19. The quantitative estimate of drug-likeness (QED) is 0.839. The SMILES string of the molecule is c1cnc(N2CCCC(Oc3cccnc3)C2)nc1. The third-order valence-electron chi connectivity index (χ3n) is 3.15. The van der Waals surface area contributed by atoms with Crippen molar-refractivity contribution in [2.45, 2.75) is 18.9 Å². The summed E-state index contributed by atoms with van der Waals surface area (Å²) in [6, 6.07) is 5.65. The first-order chi connectivity index (χ1) is 9.42. The van der Waals surface area contributed by atoms with E-state index < -0.39 is 0 Å². The summed E-state index contributed by atoms with van der Waals surface area (Å²) in [5.41, 5.74) is 0. The van der Waals surface area contributed by atoms with Gasteiger partial charge in [0.05, 0.1) is 12.7 Å². The maximum atomic E-state index is 5.95. The second-order valence-electron chi connectivity index (χ2n) is 4.57. The van der Waals surface area contributed by atoms with Crippen LogP contribution >= 0.6 is 0 Å². The van der Waals surface area contributed by atoms with Gasteiger partial charge in [0.15, 0.2) is 0 Å². The van der Waals surface area contributed by atoms with Crippen LogP contribution < -0.4 is 9.64 Å². The predicted molar refractivity (Wildman–Crippen MR) is 72.1 cm³/mol. The molecule has 5 heteroatoms. The minimum atomic E-state index is 0.168. The van der Waals surface area contributed by atoms with E-state index >= 15 is 0 Å². The zero-order valence-electron chi connectivity index (χ0n) is 10.6. The first-order valence-corrected chi connectivity index (χ1v) is 6.50. The zero-order chi connectivity index (χ0) is 12.9. The molecule has 3 heterocycles. The average Bonchev–Trinajstić information content (AvgIpc) is 2.49. The van der Waals surface area contributed by atoms with Gasteiger partial charge in [-0.3, -0.25) is 4.98 Å². The average molecular weight is 256 g/mol. The van der Waals surface area contributed by atoms with E-state index in [0.717, 1.165) is 37.6 Å². The topological polar surface area (TPSA) is 51.1 Å². The van der Waals surface area contributed by atoms with Gasteiger partial charge < -0.3 is 9.64 Å². The molecule has 1 aliphatic heterocycles. The standard InChI is InChI=1S/C14H16N4O/c1-4-12(10-15-6-1)19-13-5-2-9-18(11-13)14-16-7-3-8-17-14/h1,3-4,6-8,10,13H,2,5,9,11H2. The van der Waals surface area contributed by atoms with Crippen LogP contribution in [0.25, 0.3) is 0 Å². The molecular weight excluding hydrogens is 240 g/mol. The molecule has 1 aliphatic rings. The molecule has 19 heavy (non-hydrogen) atoms. The lowest BCUT2D eigenvalue weighted by molar-refractivity contribution is 0.178. The highest BCUT2D eigenvalue weighted by atomic mass is 16.5. The second-order valence-corrected chi connectivity index (χ2v) is 4.57. The Balaban J connectivity index is 1.65. The van der Waals surface area contributed by atoms with E-state index in [1.165, 1.54) is 0 Å². The van der Waals surface area contributed by atoms with E-state index in [0.29, 0.717) is 0 Å². The van der Waals surface area contributed by atoms with Crippen LogP contribution in [0.5, 0.6) is 5.75 Å². The number of rotatable bonds is 3. The molecule has 3 rings (SSSR count). The van der Waals surface area contributed by atoms with Crippen LogP contribution in [-0.4, -0.2) is 34.1 Å². The van der Waals surface area contributed by atoms with E-state index in [1.807, 2.05) is 18.2 Å². The second kappa shape index (κ2) is 5.65. The van der Waals surface area contributed by atoms with E-state index in [4.69, 9.17) is 4.74 Å². The molecule has 0 aliphatic carbocycles. The number of piperidine rings is 1. The highest BCUT2D eigenvalue weighted by molar-refractivity contribution is 5.29. The molecule has 5 nitrogen and oxygen atoms in total. The molecule has 0 saturated carbocycles. The Labute approximate surface area is 112 Å². The molecule has 0 aromatic carbocycles. The number of ether oxygens (including phenoxy) is 1. The summed E-state index contributed by atoms with van der Waals surface area (Å²) in [7, 11) is 0. The van der Waals surface area contributed by atoms with Gasteiger partial charge in [0.1, 0.15) is 11.9 Å². The summed E-state index contributed by atoms with van der Waals surface area (Å²) in [5, 5.41) is 0. The number of anilines is 1. The van der Waals surface area contributed by atoms with Crippen molar-refractivity contribution >= 4 is 5.95 Å². The van der Waals surface area contributed by atoms with Crippen LogP contribution in [0.15, 0.2) is 43.0 Å². The van der Waals surface area contributed by atoms with E-state index in [-0.39, 0.29) is 6.10 Å². The third-order valence-corrected chi connectivity index (χ3v) is 3.15. The lowest BCUT2D eigenvalue weighted by Gasteiger charge is -2.32. The van der Waals surface area contributed by atoms with Crippen LogP contribution in [0.3, 0.4) is 0 Å². The van der Waals surface area contributed by atoms with Gasteiger partial charge in [0.25, 0.3) is 0 Å². The van der Waals surface area contributed by atoms with Gasteiger partial charge in [-0.05, 0) is 31.0 Å². The van der Waals surface area contributed by atoms with Gasteiger partial charge in [-0.2, -0.15) is 0 Å². The van der Waals surface area contributed by atoms with Crippen LogP contribution in [0, 0.1) is 0 Å². The maximum absolute atomic E-state index is 5.95. The van der Waals surface area contributed by atoms with Crippen molar-refractivity contribution in [1.82, 2.24) is 15.0 Å². The van der Waals surface area contributed by atoms with Gasteiger partial charge >= 0.3 is 0 Å². The van der Waals surface area contributed by atoms with Crippen molar-refractivity contribution in [2.75, 3.05) is 18.0 Å². The fourth-order valence-electron chi connectivity index (χ4n) is 2.28. The Kier molecular flexibility index (Phi) is 3.54. The Morgan fingerprint density at radius 2 is 2.05 bits per heavy atom. The fourth-order valence-corrected chi connectivity index (χ4v) is 2.28. The largest absolute Gasteiger partial charge is 0.487 e. The number of pyridine rings is 1. The molecule has 1 atom stereocenters. The summed E-state index contributed by atoms with van der Waals surface area (Å²) in [6.07, 6.45) is 9.35. The molecule has 0 spiro atoms. The summed E-state index contributed by atoms with van der Waals surface area (Å²) < 4.78 is 5.95. The molecule has 0 N–H and O–H groups in total. The third kappa shape index (κ3) is 2.99. The van der Waals surface area contributed by atoms with Crippen molar-refractivity contribution in [2.24, 2.45) is 0 Å². The van der Waals surface area contributed by atoms with Gasteiger partial charge in [0, 0.05) is 25.1 Å². The minimum Gasteiger partial charge on any atom is -0.487 e. The van der Waals surface area contributed by atoms with Crippen molar-refractivity contribution in [1.29, 1.82) is 0 Å². The molecule has 98 valence electrons. The van der Waals surface area contributed by atoms with Crippen LogP contribution in [0.4, 0.5) is 5.95 Å². The Morgan fingerprint density at radius 3 is 2.84 bits per heavy atom. The van der Waals surface area contributed by atoms with Crippen LogP contribution in [0.1, 0.15) is 12.8 Å². The van der Waals surface area contributed by atoms with Gasteiger partial charge in [0.2, 0.25) is 5.95 Å². The molecular formula is C14H16N4O. The lowest BCUT2D eigenvalue weighted by Crippen LogP contribution is -2.42. The Morgan fingerprint density at radius 1 is 1.16 bits per heavy atom. The number of nitrogens with zero attached hydrogens (tertiary/aromatic N) is 4. The first-order valence-electron chi connectivity index (χ1n) is 6.50. The molecule has 1 saturated heterocycles. The molecule has 1 fully saturated rings. The molecule has 2 aromatic heterocycles. The van der Waals surface area contributed by atoms with Gasteiger partial charge in [-0.15, -0.1) is 0 Å². The summed E-state index contributed by atoms with van der Waals surface area (Å²) >= 11 is 0. The van der Waals surface area contributed by atoms with Crippen molar-refractivity contribution in [3.05, 3.63) is 43.0 Å². The Bertz CT molecular complexity index is 505. The Hall–Kier alpha value is -2.17. The monoisotopic (exact) mass is 256 g/mol. The summed E-state index contributed by atoms with van der Waals surface area (Å²) in [4.78, 5) is 14.8. The normalized spacial score (nSPS) is 19.2. The van der Waals surface area contributed by atoms with E-state index in [2.05, 4.69) is 19.9 Å². The summed E-state index contributed by atoms with van der Waals surface area (Å²) in [5.74, 6) is 1.60. The molecule has 0 radical (unpaired) electrons. The predicted octanol–water partition coefficient (Wildman–Crippen LogP) is 1.92. The lowest BCUT2D eigenvalue weighted by atomic mass is 10.1. The highest BCUT2D eigenvalue weighted by Gasteiger charge is 2.22. The number of hydrogen-bond donors (Lipinski definition) is 0. The smallest absolute Gasteiger partial charge is 0.225 e. The zero-order valence-corrected chi connectivity index (χ0v) is 10.6.